The Bertz CT molecular complexity index is 572. The third-order valence-corrected chi connectivity index (χ3v) is 4.71. The minimum absolute atomic E-state index is 0.0740. The van der Waals surface area contributed by atoms with Gasteiger partial charge in [0.05, 0.1) is 10.0 Å². The molecule has 0 amide bonds. The molecule has 1 heterocycles. The van der Waals surface area contributed by atoms with E-state index in [9.17, 15) is 8.42 Å². The van der Waals surface area contributed by atoms with E-state index in [0.29, 0.717) is 10.0 Å². The van der Waals surface area contributed by atoms with Crippen molar-refractivity contribution in [2.75, 3.05) is 13.1 Å². The van der Waals surface area contributed by atoms with Crippen LogP contribution in [0.2, 0.25) is 10.0 Å². The largest absolute Gasteiger partial charge is 0.299 e. The van der Waals surface area contributed by atoms with E-state index >= 15 is 0 Å². The van der Waals surface area contributed by atoms with E-state index in [1.54, 1.807) is 6.07 Å². The summed E-state index contributed by atoms with van der Waals surface area (Å²) < 4.78 is 24.4. The Morgan fingerprint density at radius 2 is 1.90 bits per heavy atom. The molecule has 0 aromatic heterocycles. The van der Waals surface area contributed by atoms with Crippen LogP contribution in [0.15, 0.2) is 18.2 Å². The number of hydrogen-bond acceptors (Lipinski definition) is 3. The molecular weight excluding hydrogens is 321 g/mol. The Morgan fingerprint density at radius 3 is 2.45 bits per heavy atom. The van der Waals surface area contributed by atoms with Gasteiger partial charge in [-0.2, -0.15) is 13.1 Å². The Morgan fingerprint density at radius 1 is 1.25 bits per heavy atom. The van der Waals surface area contributed by atoms with Crippen molar-refractivity contribution in [2.45, 2.75) is 25.4 Å². The zero-order valence-electron chi connectivity index (χ0n) is 10.9. The molecule has 0 radical (unpaired) electrons. The first-order valence-electron chi connectivity index (χ1n) is 6.30. The molecule has 1 fully saturated rings. The van der Waals surface area contributed by atoms with Gasteiger partial charge in [0, 0.05) is 25.7 Å². The number of piperidine rings is 1. The third-order valence-electron chi connectivity index (χ3n) is 3.31. The van der Waals surface area contributed by atoms with Gasteiger partial charge in [-0.15, -0.1) is 0 Å². The van der Waals surface area contributed by atoms with Gasteiger partial charge in [-0.3, -0.25) is 4.90 Å². The van der Waals surface area contributed by atoms with Gasteiger partial charge < -0.3 is 0 Å². The van der Waals surface area contributed by atoms with Crippen molar-refractivity contribution in [3.05, 3.63) is 33.8 Å². The van der Waals surface area contributed by atoms with Gasteiger partial charge in [0.25, 0.3) is 10.2 Å². The van der Waals surface area contributed by atoms with E-state index < -0.39 is 10.2 Å². The summed E-state index contributed by atoms with van der Waals surface area (Å²) in [6.07, 6.45) is 1.50. The predicted molar refractivity (Wildman–Crippen MR) is 81.0 cm³/mol. The maximum atomic E-state index is 11.0. The Labute approximate surface area is 129 Å². The molecule has 1 aromatic rings. The maximum absolute atomic E-state index is 11.0. The van der Waals surface area contributed by atoms with Gasteiger partial charge in [-0.25, -0.2) is 5.14 Å². The standard InChI is InChI=1S/C12H17Cl2N3O2S/c13-11-2-1-9(7-12(11)14)8-17-5-3-10(4-6-17)16-20(15,18)19/h1-2,7,10,16H,3-6,8H2,(H2,15,18,19). The van der Waals surface area contributed by atoms with Crippen molar-refractivity contribution in [3.63, 3.8) is 0 Å². The third kappa shape index (κ3) is 4.87. The number of hydrogen-bond donors (Lipinski definition) is 2. The molecule has 1 aromatic carbocycles. The minimum atomic E-state index is -3.61. The zero-order chi connectivity index (χ0) is 14.8. The maximum Gasteiger partial charge on any atom is 0.274 e. The molecule has 5 nitrogen and oxygen atoms in total. The van der Waals surface area contributed by atoms with Gasteiger partial charge in [0.2, 0.25) is 0 Å². The summed E-state index contributed by atoms with van der Waals surface area (Å²) in [7, 11) is -3.61. The molecule has 2 rings (SSSR count). The molecule has 20 heavy (non-hydrogen) atoms. The summed E-state index contributed by atoms with van der Waals surface area (Å²) in [4.78, 5) is 2.25. The van der Waals surface area contributed by atoms with Gasteiger partial charge in [-0.05, 0) is 30.5 Å². The van der Waals surface area contributed by atoms with E-state index in [4.69, 9.17) is 28.3 Å². The zero-order valence-corrected chi connectivity index (χ0v) is 13.2. The van der Waals surface area contributed by atoms with Crippen molar-refractivity contribution in [1.82, 2.24) is 9.62 Å². The van der Waals surface area contributed by atoms with Crippen LogP contribution in [0, 0.1) is 0 Å². The van der Waals surface area contributed by atoms with Crippen LogP contribution in [-0.2, 0) is 16.8 Å². The van der Waals surface area contributed by atoms with E-state index in [1.807, 2.05) is 12.1 Å². The van der Waals surface area contributed by atoms with Gasteiger partial charge >= 0.3 is 0 Å². The lowest BCUT2D eigenvalue weighted by molar-refractivity contribution is 0.200. The van der Waals surface area contributed by atoms with Gasteiger partial charge in [0.15, 0.2) is 0 Å². The summed E-state index contributed by atoms with van der Waals surface area (Å²) >= 11 is 11.9. The number of nitrogens with zero attached hydrogens (tertiary/aromatic N) is 1. The van der Waals surface area contributed by atoms with Crippen LogP contribution in [0.4, 0.5) is 0 Å². The van der Waals surface area contributed by atoms with Crippen molar-refractivity contribution >= 4 is 33.4 Å². The lowest BCUT2D eigenvalue weighted by Crippen LogP contribution is -2.46. The molecule has 0 bridgehead atoms. The second-order valence-electron chi connectivity index (χ2n) is 4.96. The SMILES string of the molecule is NS(=O)(=O)NC1CCN(Cc2ccc(Cl)c(Cl)c2)CC1. The van der Waals surface area contributed by atoms with Crippen molar-refractivity contribution in [1.29, 1.82) is 0 Å². The van der Waals surface area contributed by atoms with Crippen LogP contribution in [0.25, 0.3) is 0 Å². The number of nitrogens with two attached hydrogens (primary N) is 1. The molecule has 112 valence electrons. The second kappa shape index (κ2) is 6.60. The molecule has 0 unspecified atom stereocenters. The summed E-state index contributed by atoms with van der Waals surface area (Å²) in [5.41, 5.74) is 1.09. The average molecular weight is 338 g/mol. The van der Waals surface area contributed by atoms with Crippen LogP contribution in [0.1, 0.15) is 18.4 Å². The van der Waals surface area contributed by atoms with Crippen LogP contribution in [0.5, 0.6) is 0 Å². The highest BCUT2D eigenvalue weighted by Gasteiger charge is 2.21. The monoisotopic (exact) mass is 337 g/mol. The number of benzene rings is 1. The Hall–Kier alpha value is -0.370. The highest BCUT2D eigenvalue weighted by Crippen LogP contribution is 2.24. The highest BCUT2D eigenvalue weighted by molar-refractivity contribution is 7.87. The lowest BCUT2D eigenvalue weighted by atomic mass is 10.1. The lowest BCUT2D eigenvalue weighted by Gasteiger charge is -2.31. The van der Waals surface area contributed by atoms with Crippen LogP contribution < -0.4 is 9.86 Å². The molecular formula is C12H17Cl2N3O2S. The fraction of sp³-hybridized carbons (Fsp3) is 0.500. The quantitative estimate of drug-likeness (QED) is 0.878. The van der Waals surface area contributed by atoms with Crippen molar-refractivity contribution in [3.8, 4) is 0 Å². The number of likely N-dealkylation sites (tertiary alicyclic amines) is 1. The fourth-order valence-corrected chi connectivity index (χ4v) is 3.36. The first-order valence-corrected chi connectivity index (χ1v) is 8.60. The van der Waals surface area contributed by atoms with E-state index in [1.165, 1.54) is 0 Å². The number of rotatable bonds is 4. The molecule has 0 saturated carbocycles. The van der Waals surface area contributed by atoms with E-state index in [0.717, 1.165) is 38.0 Å². The van der Waals surface area contributed by atoms with E-state index in [-0.39, 0.29) is 6.04 Å². The molecule has 0 spiro atoms. The molecule has 1 saturated heterocycles. The first-order chi connectivity index (χ1) is 9.33. The smallest absolute Gasteiger partial charge is 0.274 e. The van der Waals surface area contributed by atoms with Gasteiger partial charge in [-0.1, -0.05) is 29.3 Å². The summed E-state index contributed by atoms with van der Waals surface area (Å²) in [6.45, 7) is 2.40. The molecule has 0 atom stereocenters. The second-order valence-corrected chi connectivity index (χ2v) is 7.10. The van der Waals surface area contributed by atoms with E-state index in [2.05, 4.69) is 9.62 Å². The topological polar surface area (TPSA) is 75.4 Å². The Balaban J connectivity index is 1.86. The minimum Gasteiger partial charge on any atom is -0.299 e. The molecule has 1 aliphatic rings. The van der Waals surface area contributed by atoms with Crippen LogP contribution in [0.3, 0.4) is 0 Å². The molecule has 3 N–H and O–H groups in total. The van der Waals surface area contributed by atoms with Crippen molar-refractivity contribution < 1.29 is 8.42 Å². The van der Waals surface area contributed by atoms with Crippen LogP contribution >= 0.6 is 23.2 Å². The van der Waals surface area contributed by atoms with Crippen molar-refractivity contribution in [2.24, 2.45) is 5.14 Å². The summed E-state index contributed by atoms with van der Waals surface area (Å²) in [5.74, 6) is 0. The fourth-order valence-electron chi connectivity index (χ4n) is 2.34. The first kappa shape index (κ1) is 16.0. The predicted octanol–water partition coefficient (Wildman–Crippen LogP) is 1.75. The average Bonchev–Trinajstić information content (AvgIpc) is 2.35. The molecule has 0 aliphatic carbocycles. The molecule has 1 aliphatic heterocycles. The number of halogens is 2. The summed E-state index contributed by atoms with van der Waals surface area (Å²) in [6, 6.07) is 5.52. The highest BCUT2D eigenvalue weighted by atomic mass is 35.5. The normalized spacial score (nSPS) is 18.4. The molecule has 8 heteroatoms. The van der Waals surface area contributed by atoms with Crippen LogP contribution in [-0.4, -0.2) is 32.4 Å². The van der Waals surface area contributed by atoms with Gasteiger partial charge in [0.1, 0.15) is 0 Å². The number of nitrogens with one attached hydrogen (secondary N) is 1. The summed E-state index contributed by atoms with van der Waals surface area (Å²) in [5, 5.41) is 6.07. The Kier molecular flexibility index (Phi) is 5.28.